The van der Waals surface area contributed by atoms with Crippen molar-refractivity contribution in [1.29, 1.82) is 0 Å². The number of methoxy groups -OCH3 is 1. The molecule has 2 aromatic heterocycles. The number of pyridine rings is 1. The summed E-state index contributed by atoms with van der Waals surface area (Å²) in [4.78, 5) is 6.02. The van der Waals surface area contributed by atoms with Gasteiger partial charge in [-0.2, -0.15) is 0 Å². The molecule has 0 fully saturated rings. The highest BCUT2D eigenvalue weighted by Gasteiger charge is 2.16. The lowest BCUT2D eigenvalue weighted by Crippen LogP contribution is -1.89. The zero-order valence-corrected chi connectivity index (χ0v) is 14.5. The van der Waals surface area contributed by atoms with E-state index in [0.717, 1.165) is 21.5 Å². The number of aromatic nitrogens is 1. The third-order valence-electron chi connectivity index (χ3n) is 4.59. The van der Waals surface area contributed by atoms with Gasteiger partial charge in [-0.05, 0) is 23.8 Å². The van der Waals surface area contributed by atoms with Crippen LogP contribution in [0, 0.1) is 0 Å². The van der Waals surface area contributed by atoms with Crippen molar-refractivity contribution >= 4 is 42.5 Å². The molecule has 25 heavy (non-hydrogen) atoms. The van der Waals surface area contributed by atoms with Crippen molar-refractivity contribution < 1.29 is 4.74 Å². The quantitative estimate of drug-likeness (QED) is 0.377. The second-order valence-corrected chi connectivity index (χ2v) is 7.04. The molecule has 0 N–H and O–H groups in total. The van der Waals surface area contributed by atoms with E-state index in [1.54, 1.807) is 18.4 Å². The van der Waals surface area contributed by atoms with Crippen LogP contribution < -0.4 is 4.74 Å². The van der Waals surface area contributed by atoms with Crippen molar-refractivity contribution in [3.8, 4) is 16.9 Å². The summed E-state index contributed by atoms with van der Waals surface area (Å²) in [6.07, 6.45) is 0. The second kappa shape index (κ2) is 5.57. The SMILES string of the molecule is COc1ccc2c(-c3ccccc3)c3c(nc2c1)sc1ccccc13. The van der Waals surface area contributed by atoms with E-state index >= 15 is 0 Å². The summed E-state index contributed by atoms with van der Waals surface area (Å²) in [7, 11) is 1.69. The van der Waals surface area contributed by atoms with Crippen molar-refractivity contribution in [3.63, 3.8) is 0 Å². The summed E-state index contributed by atoms with van der Waals surface area (Å²) in [5.74, 6) is 0.833. The first-order valence-electron chi connectivity index (χ1n) is 8.19. The van der Waals surface area contributed by atoms with Gasteiger partial charge in [0.05, 0.1) is 12.6 Å². The van der Waals surface area contributed by atoms with Gasteiger partial charge in [0, 0.05) is 32.5 Å². The third-order valence-corrected chi connectivity index (χ3v) is 5.65. The van der Waals surface area contributed by atoms with E-state index in [9.17, 15) is 0 Å². The molecule has 2 heterocycles. The minimum Gasteiger partial charge on any atom is -0.497 e. The lowest BCUT2D eigenvalue weighted by molar-refractivity contribution is 0.415. The van der Waals surface area contributed by atoms with Crippen LogP contribution >= 0.6 is 11.3 Å². The summed E-state index contributed by atoms with van der Waals surface area (Å²) >= 11 is 1.75. The number of nitrogens with zero attached hydrogens (tertiary/aromatic N) is 1. The third kappa shape index (κ3) is 2.20. The van der Waals surface area contributed by atoms with E-state index in [-0.39, 0.29) is 0 Å². The van der Waals surface area contributed by atoms with Gasteiger partial charge in [-0.15, -0.1) is 11.3 Å². The van der Waals surface area contributed by atoms with Crippen LogP contribution in [0.25, 0.3) is 42.3 Å². The van der Waals surface area contributed by atoms with Gasteiger partial charge in [-0.3, -0.25) is 0 Å². The van der Waals surface area contributed by atoms with Gasteiger partial charge < -0.3 is 4.74 Å². The van der Waals surface area contributed by atoms with Gasteiger partial charge in [0.15, 0.2) is 0 Å². The molecule has 3 aromatic carbocycles. The summed E-state index contributed by atoms with van der Waals surface area (Å²) in [5.41, 5.74) is 3.44. The standard InChI is InChI=1S/C22H15NOS/c1-24-15-11-12-16-18(13-15)23-22-21(17-9-5-6-10-19(17)25-22)20(16)14-7-3-2-4-8-14/h2-13H,1H3. The van der Waals surface area contributed by atoms with E-state index < -0.39 is 0 Å². The Bertz CT molecular complexity index is 1220. The molecular formula is C22H15NOS. The van der Waals surface area contributed by atoms with Crippen molar-refractivity contribution in [2.24, 2.45) is 0 Å². The highest BCUT2D eigenvalue weighted by atomic mass is 32.1. The van der Waals surface area contributed by atoms with Gasteiger partial charge >= 0.3 is 0 Å². The molecule has 120 valence electrons. The topological polar surface area (TPSA) is 22.1 Å². The molecule has 0 saturated carbocycles. The monoisotopic (exact) mass is 341 g/mol. The first-order valence-corrected chi connectivity index (χ1v) is 9.01. The fourth-order valence-electron chi connectivity index (χ4n) is 3.44. The van der Waals surface area contributed by atoms with E-state index in [0.29, 0.717) is 0 Å². The summed E-state index contributed by atoms with van der Waals surface area (Å²) in [6.45, 7) is 0. The van der Waals surface area contributed by atoms with Crippen molar-refractivity contribution in [1.82, 2.24) is 4.98 Å². The highest BCUT2D eigenvalue weighted by Crippen LogP contribution is 2.43. The Balaban J connectivity index is 2.03. The Hall–Kier alpha value is -2.91. The van der Waals surface area contributed by atoms with Crippen LogP contribution in [-0.4, -0.2) is 12.1 Å². The maximum absolute atomic E-state index is 5.40. The number of thiophene rings is 1. The number of benzene rings is 3. The predicted octanol–water partition coefficient (Wildman–Crippen LogP) is 6.28. The molecular weight excluding hydrogens is 326 g/mol. The number of ether oxygens (including phenoxy) is 1. The molecule has 0 atom stereocenters. The second-order valence-electron chi connectivity index (χ2n) is 6.01. The zero-order chi connectivity index (χ0) is 16.8. The van der Waals surface area contributed by atoms with E-state index in [2.05, 4.69) is 60.7 Å². The Kier molecular flexibility index (Phi) is 3.22. The Morgan fingerprint density at radius 3 is 2.48 bits per heavy atom. The smallest absolute Gasteiger partial charge is 0.125 e. The number of hydrogen-bond donors (Lipinski definition) is 0. The molecule has 0 amide bonds. The van der Waals surface area contributed by atoms with Crippen LogP contribution in [0.5, 0.6) is 5.75 Å². The van der Waals surface area contributed by atoms with Crippen LogP contribution in [0.3, 0.4) is 0 Å². The van der Waals surface area contributed by atoms with Crippen molar-refractivity contribution in [3.05, 3.63) is 72.8 Å². The maximum atomic E-state index is 5.40. The van der Waals surface area contributed by atoms with Crippen LogP contribution in [0.4, 0.5) is 0 Å². The molecule has 3 heteroatoms. The first kappa shape index (κ1) is 14.4. The van der Waals surface area contributed by atoms with E-state index in [4.69, 9.17) is 9.72 Å². The molecule has 0 radical (unpaired) electrons. The Morgan fingerprint density at radius 2 is 1.64 bits per heavy atom. The Morgan fingerprint density at radius 1 is 0.840 bits per heavy atom. The molecule has 0 aliphatic rings. The van der Waals surface area contributed by atoms with Crippen LogP contribution in [0.1, 0.15) is 0 Å². The fraction of sp³-hybridized carbons (Fsp3) is 0.0455. The maximum Gasteiger partial charge on any atom is 0.125 e. The minimum atomic E-state index is 0.833. The molecule has 0 saturated heterocycles. The average Bonchev–Trinajstić information content (AvgIpc) is 3.04. The molecule has 0 bridgehead atoms. The van der Waals surface area contributed by atoms with E-state index in [1.807, 2.05) is 12.1 Å². The van der Waals surface area contributed by atoms with Crippen LogP contribution in [0.2, 0.25) is 0 Å². The number of hydrogen-bond acceptors (Lipinski definition) is 3. The lowest BCUT2D eigenvalue weighted by Gasteiger charge is -2.10. The molecule has 0 unspecified atom stereocenters. The molecule has 5 aromatic rings. The van der Waals surface area contributed by atoms with Gasteiger partial charge in [0.25, 0.3) is 0 Å². The largest absolute Gasteiger partial charge is 0.497 e. The molecule has 2 nitrogen and oxygen atoms in total. The molecule has 5 rings (SSSR count). The minimum absolute atomic E-state index is 0.833. The first-order chi connectivity index (χ1) is 12.3. The normalized spacial score (nSPS) is 11.4. The number of fused-ring (bicyclic) bond motifs is 4. The summed E-state index contributed by atoms with van der Waals surface area (Å²) in [5, 5.41) is 3.67. The van der Waals surface area contributed by atoms with Gasteiger partial charge in [-0.25, -0.2) is 4.98 Å². The van der Waals surface area contributed by atoms with Crippen LogP contribution in [-0.2, 0) is 0 Å². The molecule has 0 aliphatic heterocycles. The number of rotatable bonds is 2. The summed E-state index contributed by atoms with van der Waals surface area (Å²) in [6, 6.07) is 25.3. The van der Waals surface area contributed by atoms with Gasteiger partial charge in [0.1, 0.15) is 10.6 Å². The average molecular weight is 341 g/mol. The fourth-order valence-corrected chi connectivity index (χ4v) is 4.54. The molecule has 0 aliphatic carbocycles. The van der Waals surface area contributed by atoms with E-state index in [1.165, 1.54) is 26.6 Å². The van der Waals surface area contributed by atoms with Crippen molar-refractivity contribution in [2.45, 2.75) is 0 Å². The lowest BCUT2D eigenvalue weighted by atomic mass is 9.96. The van der Waals surface area contributed by atoms with Gasteiger partial charge in [0.2, 0.25) is 0 Å². The predicted molar refractivity (Wildman–Crippen MR) is 107 cm³/mol. The van der Waals surface area contributed by atoms with Crippen molar-refractivity contribution in [2.75, 3.05) is 7.11 Å². The van der Waals surface area contributed by atoms with Gasteiger partial charge in [-0.1, -0.05) is 48.5 Å². The summed E-state index contributed by atoms with van der Waals surface area (Å²) < 4.78 is 6.67. The Labute approximate surface area is 149 Å². The van der Waals surface area contributed by atoms with Crippen LogP contribution in [0.15, 0.2) is 72.8 Å². The zero-order valence-electron chi connectivity index (χ0n) is 13.7. The molecule has 0 spiro atoms. The highest BCUT2D eigenvalue weighted by molar-refractivity contribution is 7.25.